The van der Waals surface area contributed by atoms with E-state index < -0.39 is 0 Å². The van der Waals surface area contributed by atoms with Crippen molar-refractivity contribution in [3.8, 4) is 11.1 Å². The van der Waals surface area contributed by atoms with Crippen LogP contribution < -0.4 is 5.32 Å². The molecule has 1 amide bonds. The Kier molecular flexibility index (Phi) is 3.21. The number of nitrogens with zero attached hydrogens (tertiary/aromatic N) is 1. The SMILES string of the molecule is CCNC(=O)c1ccc(-c2ccnc3[nH]ccc23)cc1. The van der Waals surface area contributed by atoms with Gasteiger partial charge < -0.3 is 10.3 Å². The van der Waals surface area contributed by atoms with Crippen molar-refractivity contribution in [2.75, 3.05) is 6.54 Å². The average Bonchev–Trinajstić information content (AvgIpc) is 2.96. The van der Waals surface area contributed by atoms with Gasteiger partial charge in [0.05, 0.1) is 0 Å². The van der Waals surface area contributed by atoms with E-state index in [2.05, 4.69) is 15.3 Å². The van der Waals surface area contributed by atoms with Crippen LogP contribution in [-0.4, -0.2) is 22.4 Å². The Hall–Kier alpha value is -2.62. The molecule has 0 radical (unpaired) electrons. The van der Waals surface area contributed by atoms with Gasteiger partial charge in [0.25, 0.3) is 5.91 Å². The van der Waals surface area contributed by atoms with Gasteiger partial charge in [-0.25, -0.2) is 4.98 Å². The number of pyridine rings is 1. The average molecular weight is 265 g/mol. The van der Waals surface area contributed by atoms with Crippen LogP contribution in [-0.2, 0) is 0 Å². The number of amides is 1. The van der Waals surface area contributed by atoms with Gasteiger partial charge in [-0.05, 0) is 42.3 Å². The molecular weight excluding hydrogens is 250 g/mol. The topological polar surface area (TPSA) is 57.8 Å². The van der Waals surface area contributed by atoms with Gasteiger partial charge in [-0.3, -0.25) is 4.79 Å². The van der Waals surface area contributed by atoms with Crippen LogP contribution in [0.3, 0.4) is 0 Å². The minimum atomic E-state index is -0.0411. The van der Waals surface area contributed by atoms with Crippen LogP contribution in [0.25, 0.3) is 22.2 Å². The lowest BCUT2D eigenvalue weighted by molar-refractivity contribution is 0.0956. The molecule has 3 aromatic rings. The Morgan fingerprint density at radius 2 is 2.00 bits per heavy atom. The first-order chi connectivity index (χ1) is 9.79. The van der Waals surface area contributed by atoms with Gasteiger partial charge in [-0.1, -0.05) is 12.1 Å². The number of fused-ring (bicyclic) bond motifs is 1. The van der Waals surface area contributed by atoms with Crippen molar-refractivity contribution in [2.45, 2.75) is 6.92 Å². The Bertz CT molecular complexity index is 744. The highest BCUT2D eigenvalue weighted by Crippen LogP contribution is 2.26. The summed E-state index contributed by atoms with van der Waals surface area (Å²) in [6.07, 6.45) is 3.66. The molecule has 4 heteroatoms. The third kappa shape index (κ3) is 2.16. The van der Waals surface area contributed by atoms with Crippen molar-refractivity contribution in [3.63, 3.8) is 0 Å². The highest BCUT2D eigenvalue weighted by molar-refractivity contribution is 5.96. The number of H-pyrrole nitrogens is 1. The van der Waals surface area contributed by atoms with E-state index in [4.69, 9.17) is 0 Å². The zero-order valence-electron chi connectivity index (χ0n) is 11.2. The van der Waals surface area contributed by atoms with Gasteiger partial charge in [0.15, 0.2) is 0 Å². The molecule has 2 heterocycles. The van der Waals surface area contributed by atoms with Crippen molar-refractivity contribution in [3.05, 3.63) is 54.4 Å². The number of rotatable bonds is 3. The molecule has 0 bridgehead atoms. The van der Waals surface area contributed by atoms with Crippen LogP contribution in [0.4, 0.5) is 0 Å². The van der Waals surface area contributed by atoms with Crippen molar-refractivity contribution >= 4 is 16.9 Å². The monoisotopic (exact) mass is 265 g/mol. The number of hydrogen-bond acceptors (Lipinski definition) is 2. The van der Waals surface area contributed by atoms with Crippen LogP contribution in [0, 0.1) is 0 Å². The number of aromatic amines is 1. The van der Waals surface area contributed by atoms with Gasteiger partial charge in [-0.2, -0.15) is 0 Å². The number of hydrogen-bond donors (Lipinski definition) is 2. The molecule has 2 N–H and O–H groups in total. The molecule has 0 spiro atoms. The number of aromatic nitrogens is 2. The van der Waals surface area contributed by atoms with E-state index in [1.165, 1.54) is 0 Å². The first-order valence-corrected chi connectivity index (χ1v) is 6.60. The summed E-state index contributed by atoms with van der Waals surface area (Å²) in [5.41, 5.74) is 3.73. The molecule has 3 rings (SSSR count). The molecule has 0 saturated carbocycles. The maximum Gasteiger partial charge on any atom is 0.251 e. The lowest BCUT2D eigenvalue weighted by Gasteiger charge is -2.06. The molecule has 0 aliphatic rings. The molecule has 0 aliphatic carbocycles. The predicted octanol–water partition coefficient (Wildman–Crippen LogP) is 2.98. The van der Waals surface area contributed by atoms with E-state index in [1.807, 2.05) is 49.5 Å². The summed E-state index contributed by atoms with van der Waals surface area (Å²) in [6, 6.07) is 11.6. The summed E-state index contributed by atoms with van der Waals surface area (Å²) in [7, 11) is 0. The molecule has 0 saturated heterocycles. The van der Waals surface area contributed by atoms with Crippen LogP contribution in [0.1, 0.15) is 17.3 Å². The second kappa shape index (κ2) is 5.17. The van der Waals surface area contributed by atoms with Crippen LogP contribution >= 0.6 is 0 Å². The molecular formula is C16H15N3O. The first kappa shape index (κ1) is 12.4. The summed E-state index contributed by atoms with van der Waals surface area (Å²) in [6.45, 7) is 2.54. The molecule has 0 atom stereocenters. The quantitative estimate of drug-likeness (QED) is 0.765. The molecule has 1 aromatic carbocycles. The number of benzene rings is 1. The molecule has 4 nitrogen and oxygen atoms in total. The van der Waals surface area contributed by atoms with Crippen LogP contribution in [0.5, 0.6) is 0 Å². The normalized spacial score (nSPS) is 10.7. The summed E-state index contributed by atoms with van der Waals surface area (Å²) >= 11 is 0. The van der Waals surface area contributed by atoms with E-state index >= 15 is 0 Å². The molecule has 0 unspecified atom stereocenters. The van der Waals surface area contributed by atoms with Crippen LogP contribution in [0.15, 0.2) is 48.8 Å². The van der Waals surface area contributed by atoms with Gasteiger partial charge in [0, 0.05) is 29.9 Å². The summed E-state index contributed by atoms with van der Waals surface area (Å²) in [4.78, 5) is 19.1. The van der Waals surface area contributed by atoms with Gasteiger partial charge in [-0.15, -0.1) is 0 Å². The maximum absolute atomic E-state index is 11.7. The number of carbonyl (C=O) groups excluding carboxylic acids is 1. The second-order valence-corrected chi connectivity index (χ2v) is 4.54. The van der Waals surface area contributed by atoms with Crippen molar-refractivity contribution in [1.29, 1.82) is 0 Å². The predicted molar refractivity (Wildman–Crippen MR) is 79.5 cm³/mol. The molecule has 0 fully saturated rings. The number of nitrogens with one attached hydrogen (secondary N) is 2. The molecule has 0 aliphatic heterocycles. The minimum Gasteiger partial charge on any atom is -0.352 e. The fraction of sp³-hybridized carbons (Fsp3) is 0.125. The largest absolute Gasteiger partial charge is 0.352 e. The van der Waals surface area contributed by atoms with Crippen molar-refractivity contribution in [2.24, 2.45) is 0 Å². The zero-order valence-corrected chi connectivity index (χ0v) is 11.2. The summed E-state index contributed by atoms with van der Waals surface area (Å²) in [5, 5.41) is 3.87. The van der Waals surface area contributed by atoms with E-state index in [0.717, 1.165) is 22.2 Å². The Labute approximate surface area is 116 Å². The third-order valence-corrected chi connectivity index (χ3v) is 3.26. The highest BCUT2D eigenvalue weighted by atomic mass is 16.1. The second-order valence-electron chi connectivity index (χ2n) is 4.54. The smallest absolute Gasteiger partial charge is 0.251 e. The Balaban J connectivity index is 1.99. The van der Waals surface area contributed by atoms with E-state index in [9.17, 15) is 4.79 Å². The van der Waals surface area contributed by atoms with E-state index in [-0.39, 0.29) is 5.91 Å². The van der Waals surface area contributed by atoms with E-state index in [0.29, 0.717) is 12.1 Å². The maximum atomic E-state index is 11.7. The third-order valence-electron chi connectivity index (χ3n) is 3.26. The molecule has 20 heavy (non-hydrogen) atoms. The fourth-order valence-electron chi connectivity index (χ4n) is 2.28. The molecule has 2 aromatic heterocycles. The Morgan fingerprint density at radius 1 is 1.20 bits per heavy atom. The lowest BCUT2D eigenvalue weighted by Crippen LogP contribution is -2.22. The standard InChI is InChI=1S/C16H15N3O/c1-2-17-16(20)12-5-3-11(4-6-12)13-7-9-18-15-14(13)8-10-19-15/h3-10H,2H2,1H3,(H,17,20)(H,18,19). The van der Waals surface area contributed by atoms with Gasteiger partial charge in [0.1, 0.15) is 5.65 Å². The van der Waals surface area contributed by atoms with Gasteiger partial charge >= 0.3 is 0 Å². The lowest BCUT2D eigenvalue weighted by atomic mass is 10.0. The summed E-state index contributed by atoms with van der Waals surface area (Å²) < 4.78 is 0. The Morgan fingerprint density at radius 3 is 2.75 bits per heavy atom. The fourth-order valence-corrected chi connectivity index (χ4v) is 2.28. The van der Waals surface area contributed by atoms with Gasteiger partial charge in [0.2, 0.25) is 0 Å². The van der Waals surface area contributed by atoms with E-state index in [1.54, 1.807) is 6.20 Å². The zero-order chi connectivity index (χ0) is 13.9. The molecule has 100 valence electrons. The highest BCUT2D eigenvalue weighted by Gasteiger charge is 2.07. The van der Waals surface area contributed by atoms with Crippen molar-refractivity contribution in [1.82, 2.24) is 15.3 Å². The number of carbonyl (C=O) groups is 1. The first-order valence-electron chi connectivity index (χ1n) is 6.60. The summed E-state index contributed by atoms with van der Waals surface area (Å²) in [5.74, 6) is -0.0411. The minimum absolute atomic E-state index is 0.0411. The van der Waals surface area contributed by atoms with Crippen molar-refractivity contribution < 1.29 is 4.79 Å². The van der Waals surface area contributed by atoms with Crippen LogP contribution in [0.2, 0.25) is 0 Å².